The van der Waals surface area contributed by atoms with Gasteiger partial charge in [-0.25, -0.2) is 0 Å². The van der Waals surface area contributed by atoms with Crippen LogP contribution < -0.4 is 10.6 Å². The zero-order chi connectivity index (χ0) is 34.4. The molecular formula is C36H35Cl3N2O5S. The van der Waals surface area contributed by atoms with Gasteiger partial charge in [0.05, 0.1) is 22.4 Å². The highest BCUT2D eigenvalue weighted by atomic mass is 35.5. The maximum absolute atomic E-state index is 13.9. The third-order valence-corrected chi connectivity index (χ3v) is 8.78. The fourth-order valence-corrected chi connectivity index (χ4v) is 5.80. The fourth-order valence-electron chi connectivity index (χ4n) is 4.70. The predicted molar refractivity (Wildman–Crippen MR) is 192 cm³/mol. The maximum atomic E-state index is 13.9. The summed E-state index contributed by atoms with van der Waals surface area (Å²) < 4.78 is 30.8. The molecule has 7 nitrogen and oxygen atoms in total. The summed E-state index contributed by atoms with van der Waals surface area (Å²) in [6.07, 6.45) is 4.49. The molecule has 0 saturated carbocycles. The van der Waals surface area contributed by atoms with Crippen molar-refractivity contribution < 1.29 is 22.6 Å². The van der Waals surface area contributed by atoms with Gasteiger partial charge in [-0.2, -0.15) is 8.42 Å². The molecule has 3 N–H and O–H groups in total. The van der Waals surface area contributed by atoms with E-state index in [1.165, 1.54) is 0 Å². The van der Waals surface area contributed by atoms with Gasteiger partial charge in [-0.1, -0.05) is 116 Å². The van der Waals surface area contributed by atoms with Crippen LogP contribution in [-0.4, -0.2) is 37.1 Å². The molecule has 0 bridgehead atoms. The van der Waals surface area contributed by atoms with Crippen LogP contribution >= 0.6 is 34.8 Å². The molecule has 4 rings (SSSR count). The van der Waals surface area contributed by atoms with Crippen LogP contribution in [0.3, 0.4) is 0 Å². The monoisotopic (exact) mass is 712 g/mol. The van der Waals surface area contributed by atoms with Gasteiger partial charge in [0.25, 0.3) is 16.0 Å². The van der Waals surface area contributed by atoms with Gasteiger partial charge in [-0.15, -0.1) is 0 Å². The van der Waals surface area contributed by atoms with Gasteiger partial charge in [0.15, 0.2) is 0 Å². The summed E-state index contributed by atoms with van der Waals surface area (Å²) in [6.45, 7) is 6.14. The number of carbonyl (C=O) groups is 2. The minimum absolute atomic E-state index is 0.0222. The van der Waals surface area contributed by atoms with Gasteiger partial charge in [0.2, 0.25) is 5.91 Å². The van der Waals surface area contributed by atoms with Crippen LogP contribution in [0.2, 0.25) is 15.1 Å². The third-order valence-electron chi connectivity index (χ3n) is 7.20. The van der Waals surface area contributed by atoms with E-state index in [2.05, 4.69) is 37.5 Å². The number of benzene rings is 4. The van der Waals surface area contributed by atoms with E-state index in [4.69, 9.17) is 39.4 Å². The smallest absolute Gasteiger partial charge is 0.266 e. The van der Waals surface area contributed by atoms with Crippen LogP contribution in [-0.2, 0) is 21.3 Å². The zero-order valence-electron chi connectivity index (χ0n) is 26.1. The first-order valence-corrected chi connectivity index (χ1v) is 17.5. The summed E-state index contributed by atoms with van der Waals surface area (Å²) in [5, 5.41) is 6.79. The van der Waals surface area contributed by atoms with Crippen molar-refractivity contribution in [2.45, 2.75) is 33.1 Å². The molecule has 2 amide bonds. The van der Waals surface area contributed by atoms with Crippen LogP contribution in [0.15, 0.2) is 91.0 Å². The standard InChI is InChI=1S/C36H35Cl3N2O5S/c1-36(2,3)17-16-23-4-8-25(9-5-23)30(20-24-6-10-26(11-7-24)34(42)40-18-19-47(44,45)46)35(43)41-33-15-12-27(21-32(33)39)29-14-13-28(37)22-31(29)38/h4-17,21-22,30H,18-20H2,1-3H3,(H,40,42)(H,41,43)(H,44,45,46). The molecule has 0 radical (unpaired) electrons. The molecule has 0 heterocycles. The molecular weight excluding hydrogens is 679 g/mol. The van der Waals surface area contributed by atoms with Crippen molar-refractivity contribution in [3.8, 4) is 11.1 Å². The average molecular weight is 714 g/mol. The van der Waals surface area contributed by atoms with Crippen LogP contribution in [0.25, 0.3) is 17.2 Å². The topological polar surface area (TPSA) is 113 Å². The quantitative estimate of drug-likeness (QED) is 0.134. The second-order valence-electron chi connectivity index (χ2n) is 12.2. The fraction of sp³-hybridized carbons (Fsp3) is 0.222. The van der Waals surface area contributed by atoms with Crippen molar-refractivity contribution in [1.29, 1.82) is 0 Å². The van der Waals surface area contributed by atoms with Gasteiger partial charge in [0, 0.05) is 27.7 Å². The Morgan fingerprint density at radius 1 is 0.872 bits per heavy atom. The largest absolute Gasteiger partial charge is 0.351 e. The van der Waals surface area contributed by atoms with Gasteiger partial charge in [-0.05, 0) is 70.5 Å². The number of anilines is 1. The molecule has 0 saturated heterocycles. The maximum Gasteiger partial charge on any atom is 0.266 e. The number of hydrogen-bond acceptors (Lipinski definition) is 4. The van der Waals surface area contributed by atoms with E-state index in [1.54, 1.807) is 54.6 Å². The molecule has 0 fully saturated rings. The number of amides is 2. The highest BCUT2D eigenvalue weighted by Gasteiger charge is 2.23. The lowest BCUT2D eigenvalue weighted by molar-refractivity contribution is -0.117. The van der Waals surface area contributed by atoms with Crippen LogP contribution in [0.5, 0.6) is 0 Å². The molecule has 0 aliphatic carbocycles. The minimum atomic E-state index is -4.19. The Morgan fingerprint density at radius 2 is 1.55 bits per heavy atom. The SMILES string of the molecule is CC(C)(C)C=Cc1ccc(C(Cc2ccc(C(=O)NCCS(=O)(=O)O)cc2)C(=O)Nc2ccc(-c3ccc(Cl)cc3Cl)cc2Cl)cc1. The summed E-state index contributed by atoms with van der Waals surface area (Å²) >= 11 is 19.1. The number of hydrogen-bond donors (Lipinski definition) is 3. The summed E-state index contributed by atoms with van der Waals surface area (Å²) in [5.41, 5.74) is 4.90. The van der Waals surface area contributed by atoms with Gasteiger partial charge in [-0.3, -0.25) is 14.1 Å². The number of allylic oxidation sites excluding steroid dienone is 1. The summed E-state index contributed by atoms with van der Waals surface area (Å²) in [4.78, 5) is 26.3. The molecule has 11 heteroatoms. The molecule has 246 valence electrons. The Kier molecular flexibility index (Phi) is 11.9. The molecule has 47 heavy (non-hydrogen) atoms. The normalized spacial score (nSPS) is 12.6. The van der Waals surface area contributed by atoms with Crippen LogP contribution in [0.4, 0.5) is 5.69 Å². The Balaban J connectivity index is 1.57. The van der Waals surface area contributed by atoms with E-state index < -0.39 is 27.7 Å². The van der Waals surface area contributed by atoms with Gasteiger partial charge >= 0.3 is 0 Å². The lowest BCUT2D eigenvalue weighted by Gasteiger charge is -2.19. The molecule has 0 aliphatic rings. The van der Waals surface area contributed by atoms with Gasteiger partial charge in [0.1, 0.15) is 0 Å². The highest BCUT2D eigenvalue weighted by Crippen LogP contribution is 2.35. The summed E-state index contributed by atoms with van der Waals surface area (Å²) in [6, 6.07) is 25.0. The molecule has 4 aromatic rings. The molecule has 0 aliphatic heterocycles. The van der Waals surface area contributed by atoms with E-state index in [9.17, 15) is 18.0 Å². The van der Waals surface area contributed by atoms with Crippen molar-refractivity contribution in [2.24, 2.45) is 5.41 Å². The second-order valence-corrected chi connectivity index (χ2v) is 15.0. The third kappa shape index (κ3) is 10.9. The van der Waals surface area contributed by atoms with Crippen LogP contribution in [0, 0.1) is 5.41 Å². The first-order valence-electron chi connectivity index (χ1n) is 14.8. The number of halogens is 3. The molecule has 1 unspecified atom stereocenters. The minimum Gasteiger partial charge on any atom is -0.351 e. The first-order chi connectivity index (χ1) is 22.1. The second kappa shape index (κ2) is 15.5. The molecule has 0 aromatic heterocycles. The van der Waals surface area contributed by atoms with Gasteiger partial charge < -0.3 is 10.6 Å². The van der Waals surface area contributed by atoms with Crippen molar-refractivity contribution in [2.75, 3.05) is 17.6 Å². The predicted octanol–water partition coefficient (Wildman–Crippen LogP) is 8.96. The molecule has 4 aromatic carbocycles. The van der Waals surface area contributed by atoms with E-state index >= 15 is 0 Å². The summed E-state index contributed by atoms with van der Waals surface area (Å²) in [7, 11) is -4.19. The van der Waals surface area contributed by atoms with E-state index in [-0.39, 0.29) is 17.9 Å². The molecule has 1 atom stereocenters. The Labute approximate surface area is 290 Å². The average Bonchev–Trinajstić information content (AvgIpc) is 2.99. The van der Waals surface area contributed by atoms with E-state index in [0.29, 0.717) is 32.7 Å². The van der Waals surface area contributed by atoms with E-state index in [1.807, 2.05) is 36.4 Å². The number of carbonyl (C=O) groups excluding carboxylic acids is 2. The highest BCUT2D eigenvalue weighted by molar-refractivity contribution is 7.85. The Hall–Kier alpha value is -3.66. The van der Waals surface area contributed by atoms with Crippen molar-refractivity contribution in [1.82, 2.24) is 5.32 Å². The van der Waals surface area contributed by atoms with Crippen LogP contribution in [0.1, 0.15) is 53.7 Å². The van der Waals surface area contributed by atoms with Crippen molar-refractivity contribution in [3.63, 3.8) is 0 Å². The van der Waals surface area contributed by atoms with Crippen molar-refractivity contribution >= 4 is 68.5 Å². The lowest BCUT2D eigenvalue weighted by atomic mass is 9.89. The first kappa shape index (κ1) is 36.2. The van der Waals surface area contributed by atoms with Crippen molar-refractivity contribution in [3.05, 3.63) is 128 Å². The zero-order valence-corrected chi connectivity index (χ0v) is 29.1. The van der Waals surface area contributed by atoms with E-state index in [0.717, 1.165) is 27.8 Å². The number of nitrogens with one attached hydrogen (secondary N) is 2. The Morgan fingerprint density at radius 3 is 2.15 bits per heavy atom. The summed E-state index contributed by atoms with van der Waals surface area (Å²) in [5.74, 6) is -1.94. The molecule has 0 spiro atoms. The Bertz CT molecular complexity index is 1890. The number of rotatable bonds is 11. The lowest BCUT2D eigenvalue weighted by Crippen LogP contribution is -2.28.